The van der Waals surface area contributed by atoms with Gasteiger partial charge in [0.15, 0.2) is 0 Å². The summed E-state index contributed by atoms with van der Waals surface area (Å²) in [5.41, 5.74) is 5.33. The molecule has 0 bridgehead atoms. The van der Waals surface area contributed by atoms with Crippen molar-refractivity contribution < 1.29 is 0 Å². The summed E-state index contributed by atoms with van der Waals surface area (Å²) in [4.78, 5) is 22.8. The summed E-state index contributed by atoms with van der Waals surface area (Å²) in [6, 6.07) is 6.92. The smallest absolute Gasteiger partial charge is 0.259 e. The van der Waals surface area contributed by atoms with Crippen LogP contribution in [0.5, 0.6) is 0 Å². The van der Waals surface area contributed by atoms with E-state index in [1.165, 1.54) is 36.8 Å². The maximum atomic E-state index is 13.1. The van der Waals surface area contributed by atoms with Crippen molar-refractivity contribution in [2.45, 2.75) is 73.0 Å². The van der Waals surface area contributed by atoms with Gasteiger partial charge in [-0.1, -0.05) is 31.9 Å². The van der Waals surface area contributed by atoms with Gasteiger partial charge in [-0.2, -0.15) is 0 Å². The third kappa shape index (κ3) is 3.16. The summed E-state index contributed by atoms with van der Waals surface area (Å²) in [5, 5.41) is 0. The molecule has 2 heterocycles. The van der Waals surface area contributed by atoms with Crippen molar-refractivity contribution in [1.29, 1.82) is 0 Å². The molecule has 2 aromatic rings. The van der Waals surface area contributed by atoms with Gasteiger partial charge >= 0.3 is 0 Å². The molecule has 1 aromatic carbocycles. The van der Waals surface area contributed by atoms with E-state index in [1.54, 1.807) is 0 Å². The fourth-order valence-electron chi connectivity index (χ4n) is 4.81. The van der Waals surface area contributed by atoms with Gasteiger partial charge in [0.25, 0.3) is 5.56 Å². The van der Waals surface area contributed by atoms with Gasteiger partial charge in [0, 0.05) is 23.0 Å². The van der Waals surface area contributed by atoms with E-state index in [-0.39, 0.29) is 5.56 Å². The number of nitrogens with zero attached hydrogens (tertiary/aromatic N) is 4. The van der Waals surface area contributed by atoms with Gasteiger partial charge in [-0.3, -0.25) is 19.2 Å². The Hall–Kier alpha value is -2.14. The van der Waals surface area contributed by atoms with Crippen molar-refractivity contribution >= 4 is 11.6 Å². The second-order valence-corrected chi connectivity index (χ2v) is 8.70. The standard InChI is InChI=1S/C23H32N4O/c1-15-10-8-12-21(17(15)3)26-13-25(20-11-7-6-9-16(20)2)14-27-22(28)18(4)19(5)24-23(26)27/h8,10,12,16,20H,6-7,9,11,13-14H2,1-5H3. The third-order valence-corrected chi connectivity index (χ3v) is 6.91. The topological polar surface area (TPSA) is 41.4 Å². The van der Waals surface area contributed by atoms with Crippen LogP contribution in [-0.4, -0.2) is 27.2 Å². The molecule has 1 aliphatic heterocycles. The van der Waals surface area contributed by atoms with Crippen LogP contribution in [0.4, 0.5) is 11.6 Å². The average molecular weight is 381 g/mol. The van der Waals surface area contributed by atoms with Crippen LogP contribution in [0.1, 0.15) is 55.0 Å². The molecule has 0 N–H and O–H groups in total. The van der Waals surface area contributed by atoms with E-state index >= 15 is 0 Å². The lowest BCUT2D eigenvalue weighted by Gasteiger charge is -2.45. The van der Waals surface area contributed by atoms with E-state index in [9.17, 15) is 4.79 Å². The van der Waals surface area contributed by atoms with Crippen LogP contribution in [0.2, 0.25) is 0 Å². The number of hydrogen-bond donors (Lipinski definition) is 0. The first-order valence-electron chi connectivity index (χ1n) is 10.5. The molecule has 0 amide bonds. The SMILES string of the molecule is Cc1cccc(N2CN(C3CCCCC3C)Cn3c2nc(C)c(C)c3=O)c1C. The van der Waals surface area contributed by atoms with E-state index in [0.717, 1.165) is 29.6 Å². The van der Waals surface area contributed by atoms with Crippen molar-refractivity contribution in [3.05, 3.63) is 50.9 Å². The Morgan fingerprint density at radius 3 is 2.50 bits per heavy atom. The highest BCUT2D eigenvalue weighted by atomic mass is 16.1. The Morgan fingerprint density at radius 1 is 1.00 bits per heavy atom. The first-order chi connectivity index (χ1) is 13.4. The molecule has 2 aliphatic rings. The first-order valence-corrected chi connectivity index (χ1v) is 10.5. The molecule has 2 atom stereocenters. The fourth-order valence-corrected chi connectivity index (χ4v) is 4.81. The highest BCUT2D eigenvalue weighted by Crippen LogP contribution is 2.35. The predicted octanol–water partition coefficient (Wildman–Crippen LogP) is 4.42. The van der Waals surface area contributed by atoms with Gasteiger partial charge in [0.2, 0.25) is 5.95 Å². The molecule has 0 saturated heterocycles. The zero-order valence-corrected chi connectivity index (χ0v) is 17.8. The number of anilines is 2. The Labute approximate surface area is 168 Å². The highest BCUT2D eigenvalue weighted by molar-refractivity contribution is 5.64. The Morgan fingerprint density at radius 2 is 1.75 bits per heavy atom. The van der Waals surface area contributed by atoms with Gasteiger partial charge in [-0.25, -0.2) is 4.98 Å². The molecule has 4 rings (SSSR count). The normalized spacial score (nSPS) is 23.0. The molecule has 5 heteroatoms. The lowest BCUT2D eigenvalue weighted by molar-refractivity contribution is 0.0723. The summed E-state index contributed by atoms with van der Waals surface area (Å²) in [6.07, 6.45) is 5.09. The van der Waals surface area contributed by atoms with Crippen molar-refractivity contribution in [3.63, 3.8) is 0 Å². The van der Waals surface area contributed by atoms with Gasteiger partial charge in [0.1, 0.15) is 0 Å². The van der Waals surface area contributed by atoms with Crippen molar-refractivity contribution in [1.82, 2.24) is 14.5 Å². The van der Waals surface area contributed by atoms with Gasteiger partial charge in [-0.05, 0) is 63.6 Å². The van der Waals surface area contributed by atoms with Crippen LogP contribution in [0, 0.1) is 33.6 Å². The summed E-state index contributed by atoms with van der Waals surface area (Å²) in [5.74, 6) is 1.44. The summed E-state index contributed by atoms with van der Waals surface area (Å²) in [7, 11) is 0. The molecule has 0 spiro atoms. The van der Waals surface area contributed by atoms with E-state index in [2.05, 4.69) is 48.8 Å². The summed E-state index contributed by atoms with van der Waals surface area (Å²) < 4.78 is 1.88. The molecule has 150 valence electrons. The van der Waals surface area contributed by atoms with E-state index < -0.39 is 0 Å². The van der Waals surface area contributed by atoms with Crippen molar-refractivity contribution in [3.8, 4) is 0 Å². The molecule has 5 nitrogen and oxygen atoms in total. The van der Waals surface area contributed by atoms with E-state index in [0.29, 0.717) is 18.6 Å². The monoisotopic (exact) mass is 380 g/mol. The predicted molar refractivity (Wildman–Crippen MR) is 114 cm³/mol. The third-order valence-electron chi connectivity index (χ3n) is 6.91. The maximum Gasteiger partial charge on any atom is 0.259 e. The van der Waals surface area contributed by atoms with Crippen LogP contribution < -0.4 is 10.5 Å². The molecular formula is C23H32N4O. The van der Waals surface area contributed by atoms with Crippen molar-refractivity contribution in [2.24, 2.45) is 5.92 Å². The van der Waals surface area contributed by atoms with Gasteiger partial charge in [0.05, 0.1) is 13.3 Å². The molecule has 1 fully saturated rings. The quantitative estimate of drug-likeness (QED) is 0.773. The number of aromatic nitrogens is 2. The second kappa shape index (κ2) is 7.36. The number of rotatable bonds is 2. The summed E-state index contributed by atoms with van der Waals surface area (Å²) >= 11 is 0. The Kier molecular flexibility index (Phi) is 5.04. The second-order valence-electron chi connectivity index (χ2n) is 8.70. The van der Waals surface area contributed by atoms with Gasteiger partial charge < -0.3 is 0 Å². The Balaban J connectivity index is 1.85. The molecule has 28 heavy (non-hydrogen) atoms. The Bertz CT molecular complexity index is 948. The zero-order valence-electron chi connectivity index (χ0n) is 17.8. The zero-order chi connectivity index (χ0) is 20.0. The number of aryl methyl sites for hydroxylation is 2. The largest absolute Gasteiger partial charge is 0.298 e. The molecular weight excluding hydrogens is 348 g/mol. The molecule has 1 saturated carbocycles. The molecule has 2 unspecified atom stereocenters. The number of benzene rings is 1. The van der Waals surface area contributed by atoms with E-state index in [1.807, 2.05) is 18.4 Å². The molecule has 1 aromatic heterocycles. The minimum atomic E-state index is 0.0889. The average Bonchev–Trinajstić information content (AvgIpc) is 2.68. The lowest BCUT2D eigenvalue weighted by Crippen LogP contribution is -2.53. The minimum Gasteiger partial charge on any atom is -0.298 e. The highest BCUT2D eigenvalue weighted by Gasteiger charge is 2.34. The van der Waals surface area contributed by atoms with E-state index in [4.69, 9.17) is 4.98 Å². The molecule has 1 aliphatic carbocycles. The van der Waals surface area contributed by atoms with Crippen LogP contribution >= 0.6 is 0 Å². The summed E-state index contributed by atoms with van der Waals surface area (Å²) in [6.45, 7) is 11.9. The fraction of sp³-hybridized carbons (Fsp3) is 0.565. The lowest BCUT2D eigenvalue weighted by atomic mass is 9.85. The van der Waals surface area contributed by atoms with Crippen LogP contribution in [0.3, 0.4) is 0 Å². The minimum absolute atomic E-state index is 0.0889. The molecule has 0 radical (unpaired) electrons. The van der Waals surface area contributed by atoms with Crippen molar-refractivity contribution in [2.75, 3.05) is 11.6 Å². The maximum absolute atomic E-state index is 13.1. The van der Waals surface area contributed by atoms with Crippen LogP contribution in [-0.2, 0) is 6.67 Å². The first kappa shape index (κ1) is 19.2. The van der Waals surface area contributed by atoms with Crippen LogP contribution in [0.15, 0.2) is 23.0 Å². The number of hydrogen-bond acceptors (Lipinski definition) is 4. The van der Waals surface area contributed by atoms with Crippen LogP contribution in [0.25, 0.3) is 0 Å². The number of fused-ring (bicyclic) bond motifs is 1. The van der Waals surface area contributed by atoms with Gasteiger partial charge in [-0.15, -0.1) is 0 Å².